The molecule has 0 amide bonds. The van der Waals surface area contributed by atoms with E-state index in [1.54, 1.807) is 0 Å². The first kappa shape index (κ1) is 23.8. The second-order valence-corrected chi connectivity index (χ2v) is 10.8. The molecule has 0 unspecified atom stereocenters. The van der Waals surface area contributed by atoms with Gasteiger partial charge in [-0.15, -0.1) is 0 Å². The van der Waals surface area contributed by atoms with E-state index in [-0.39, 0.29) is 34.3 Å². The zero-order valence-electron chi connectivity index (χ0n) is 21.5. The fraction of sp³-hybridized carbons (Fsp3) is 0.419. The van der Waals surface area contributed by atoms with Gasteiger partial charge in [-0.05, 0) is 83.6 Å². The van der Waals surface area contributed by atoms with Gasteiger partial charge in [0.15, 0.2) is 0 Å². The molecule has 0 saturated heterocycles. The molecule has 0 aliphatic heterocycles. The van der Waals surface area contributed by atoms with Crippen molar-refractivity contribution in [3.63, 3.8) is 0 Å². The third-order valence-electron chi connectivity index (χ3n) is 8.41. The normalized spacial score (nSPS) is 15.2. The van der Waals surface area contributed by atoms with E-state index in [4.69, 9.17) is 0 Å². The van der Waals surface area contributed by atoms with Gasteiger partial charge in [0.05, 0.1) is 21.5 Å². The molecule has 37 heavy (non-hydrogen) atoms. The van der Waals surface area contributed by atoms with Crippen molar-refractivity contribution in [3.05, 3.63) is 77.8 Å². The third-order valence-corrected chi connectivity index (χ3v) is 8.41. The van der Waals surface area contributed by atoms with Crippen LogP contribution in [0.25, 0.3) is 43.1 Å². The SMILES string of the molecule is CCCC(CCC)n1c(=O)c2cc3cc4cc5c(=O)n(C6CCCCC6)c(=O)c5cc4cc3cc2c1=O. The molecule has 2 heterocycles. The smallest absolute Gasteiger partial charge is 0.261 e. The zero-order chi connectivity index (χ0) is 25.8. The standard InChI is InChI=1S/C31H32N2O4/c1-3-8-22(9-4-2)32-28(34)24-14-18-12-20-16-26-27(17-21(20)13-19(18)15-25(24)29(32)35)31(37)33(30(26)36)23-10-6-5-7-11-23/h12-17,22-23H,3-11H2,1-2H3. The van der Waals surface area contributed by atoms with E-state index in [1.165, 1.54) is 9.13 Å². The minimum absolute atomic E-state index is 0.0180. The number of hydrogen-bond donors (Lipinski definition) is 0. The Morgan fingerprint density at radius 2 is 1.03 bits per heavy atom. The number of nitrogens with zero attached hydrogens (tertiary/aromatic N) is 2. The maximum absolute atomic E-state index is 13.3. The number of fused-ring (bicyclic) bond motifs is 4. The monoisotopic (exact) mass is 496 g/mol. The van der Waals surface area contributed by atoms with Gasteiger partial charge in [0, 0.05) is 12.1 Å². The summed E-state index contributed by atoms with van der Waals surface area (Å²) in [6.07, 6.45) is 8.40. The number of aromatic nitrogens is 2. The van der Waals surface area contributed by atoms with Crippen LogP contribution < -0.4 is 22.2 Å². The second-order valence-electron chi connectivity index (χ2n) is 10.8. The average molecular weight is 497 g/mol. The lowest BCUT2D eigenvalue weighted by Crippen LogP contribution is -2.31. The summed E-state index contributed by atoms with van der Waals surface area (Å²) in [5, 5.41) is 5.21. The van der Waals surface area contributed by atoms with Gasteiger partial charge in [-0.25, -0.2) is 0 Å². The molecule has 1 fully saturated rings. The molecule has 5 aromatic rings. The number of benzene rings is 3. The van der Waals surface area contributed by atoms with Gasteiger partial charge in [-0.1, -0.05) is 46.0 Å². The van der Waals surface area contributed by atoms with Gasteiger partial charge in [0.1, 0.15) is 0 Å². The van der Waals surface area contributed by atoms with Crippen molar-refractivity contribution < 1.29 is 0 Å². The van der Waals surface area contributed by atoms with E-state index >= 15 is 0 Å². The van der Waals surface area contributed by atoms with Gasteiger partial charge in [-0.2, -0.15) is 0 Å². The highest BCUT2D eigenvalue weighted by Gasteiger charge is 2.23. The molecule has 0 atom stereocenters. The Bertz CT molecular complexity index is 1750. The third kappa shape index (κ3) is 3.68. The van der Waals surface area contributed by atoms with Crippen LogP contribution in [0.1, 0.15) is 83.7 Å². The van der Waals surface area contributed by atoms with Crippen molar-refractivity contribution in [1.82, 2.24) is 9.13 Å². The van der Waals surface area contributed by atoms with E-state index in [1.807, 2.05) is 36.4 Å². The Morgan fingerprint density at radius 3 is 1.43 bits per heavy atom. The van der Waals surface area contributed by atoms with Crippen LogP contribution in [0.3, 0.4) is 0 Å². The van der Waals surface area contributed by atoms with Crippen LogP contribution in [0.5, 0.6) is 0 Å². The van der Waals surface area contributed by atoms with Crippen molar-refractivity contribution >= 4 is 43.1 Å². The van der Waals surface area contributed by atoms with Crippen molar-refractivity contribution in [3.8, 4) is 0 Å². The molecule has 0 N–H and O–H groups in total. The highest BCUT2D eigenvalue weighted by molar-refractivity contribution is 6.08. The summed E-state index contributed by atoms with van der Waals surface area (Å²) in [5.74, 6) is 0. The second kappa shape index (κ2) is 9.09. The Kier molecular flexibility index (Phi) is 5.85. The van der Waals surface area contributed by atoms with Gasteiger partial charge in [-0.3, -0.25) is 28.3 Å². The molecular weight excluding hydrogens is 464 g/mol. The van der Waals surface area contributed by atoms with Crippen LogP contribution in [-0.4, -0.2) is 9.13 Å². The van der Waals surface area contributed by atoms with E-state index in [2.05, 4.69) is 13.8 Å². The summed E-state index contributed by atoms with van der Waals surface area (Å²) < 4.78 is 2.94. The molecule has 0 bridgehead atoms. The quantitative estimate of drug-likeness (QED) is 0.276. The largest absolute Gasteiger partial charge is 0.271 e. The summed E-state index contributed by atoms with van der Waals surface area (Å²) in [6, 6.07) is 11.1. The highest BCUT2D eigenvalue weighted by atomic mass is 16.2. The molecule has 1 saturated carbocycles. The molecule has 0 spiro atoms. The zero-order valence-corrected chi connectivity index (χ0v) is 21.5. The minimum Gasteiger partial charge on any atom is -0.271 e. The lowest BCUT2D eigenvalue weighted by molar-refractivity contribution is 0.344. The Morgan fingerprint density at radius 1 is 0.622 bits per heavy atom. The van der Waals surface area contributed by atoms with Gasteiger partial charge >= 0.3 is 0 Å². The van der Waals surface area contributed by atoms with E-state index in [0.29, 0.717) is 21.5 Å². The van der Waals surface area contributed by atoms with Gasteiger partial charge < -0.3 is 0 Å². The summed E-state index contributed by atoms with van der Waals surface area (Å²) in [7, 11) is 0. The molecule has 6 rings (SSSR count). The topological polar surface area (TPSA) is 78.1 Å². The Labute approximate surface area is 213 Å². The lowest BCUT2D eigenvalue weighted by Gasteiger charge is -2.21. The average Bonchev–Trinajstić information content (AvgIpc) is 3.28. The fourth-order valence-electron chi connectivity index (χ4n) is 6.58. The maximum atomic E-state index is 13.3. The van der Waals surface area contributed by atoms with Crippen molar-refractivity contribution in [2.24, 2.45) is 0 Å². The predicted molar refractivity (Wildman–Crippen MR) is 151 cm³/mol. The summed E-state index contributed by atoms with van der Waals surface area (Å²) in [6.45, 7) is 4.14. The Hall–Kier alpha value is -3.54. The summed E-state index contributed by atoms with van der Waals surface area (Å²) in [4.78, 5) is 53.2. The predicted octanol–water partition coefficient (Wildman–Crippen LogP) is 5.87. The highest BCUT2D eigenvalue weighted by Crippen LogP contribution is 2.30. The van der Waals surface area contributed by atoms with Crippen LogP contribution in [0.15, 0.2) is 55.6 Å². The molecule has 190 valence electrons. The molecule has 6 heteroatoms. The first-order valence-electron chi connectivity index (χ1n) is 13.7. The van der Waals surface area contributed by atoms with Crippen molar-refractivity contribution in [2.75, 3.05) is 0 Å². The molecule has 0 radical (unpaired) electrons. The molecule has 2 aromatic heterocycles. The molecule has 1 aliphatic rings. The van der Waals surface area contributed by atoms with Crippen LogP contribution >= 0.6 is 0 Å². The van der Waals surface area contributed by atoms with Crippen LogP contribution in [0.4, 0.5) is 0 Å². The summed E-state index contributed by atoms with van der Waals surface area (Å²) >= 11 is 0. The first-order valence-corrected chi connectivity index (χ1v) is 13.7. The van der Waals surface area contributed by atoms with Gasteiger partial charge in [0.2, 0.25) is 0 Å². The summed E-state index contributed by atoms with van der Waals surface area (Å²) in [5.41, 5.74) is -0.826. The molecular formula is C31H32N2O4. The molecule has 1 aliphatic carbocycles. The van der Waals surface area contributed by atoms with Crippen LogP contribution in [0, 0.1) is 0 Å². The Balaban J connectivity index is 1.56. The molecule has 3 aromatic carbocycles. The van der Waals surface area contributed by atoms with Crippen molar-refractivity contribution in [2.45, 2.75) is 83.7 Å². The maximum Gasteiger partial charge on any atom is 0.261 e. The van der Waals surface area contributed by atoms with E-state index in [9.17, 15) is 19.2 Å². The van der Waals surface area contributed by atoms with Crippen LogP contribution in [0.2, 0.25) is 0 Å². The fourth-order valence-corrected chi connectivity index (χ4v) is 6.58. The van der Waals surface area contributed by atoms with Gasteiger partial charge in [0.25, 0.3) is 22.2 Å². The lowest BCUT2D eigenvalue weighted by atomic mass is 9.95. The number of rotatable bonds is 6. The molecule has 6 nitrogen and oxygen atoms in total. The first-order chi connectivity index (χ1) is 17.9. The minimum atomic E-state index is -0.216. The number of hydrogen-bond acceptors (Lipinski definition) is 4. The van der Waals surface area contributed by atoms with E-state index < -0.39 is 0 Å². The van der Waals surface area contributed by atoms with Crippen LogP contribution in [-0.2, 0) is 0 Å². The van der Waals surface area contributed by atoms with E-state index in [0.717, 1.165) is 79.3 Å². The van der Waals surface area contributed by atoms with Crippen molar-refractivity contribution in [1.29, 1.82) is 0 Å².